The number of carbonyl (C=O) groups is 3. The lowest BCUT2D eigenvalue weighted by Gasteiger charge is -2.51. The van der Waals surface area contributed by atoms with Crippen molar-refractivity contribution in [2.45, 2.75) is 20.3 Å². The van der Waals surface area contributed by atoms with Crippen LogP contribution in [0, 0.1) is 46.8 Å². The molecule has 0 radical (unpaired) electrons. The number of carboxylic acids is 1. The van der Waals surface area contributed by atoms with Gasteiger partial charge in [0.15, 0.2) is 5.78 Å². The van der Waals surface area contributed by atoms with Crippen molar-refractivity contribution < 1.29 is 19.5 Å². The molecule has 0 aliphatic heterocycles. The number of hydrogen-bond acceptors (Lipinski definition) is 3. The second kappa shape index (κ2) is 4.18. The van der Waals surface area contributed by atoms with Gasteiger partial charge >= 0.3 is 5.97 Å². The molecular formula is C18H20O4. The highest BCUT2D eigenvalue weighted by molar-refractivity contribution is 6.14. The Morgan fingerprint density at radius 3 is 2.36 bits per heavy atom. The van der Waals surface area contributed by atoms with Gasteiger partial charge in [-0.25, -0.2) is 0 Å². The van der Waals surface area contributed by atoms with Crippen LogP contribution in [0.2, 0.25) is 0 Å². The molecule has 0 aromatic heterocycles. The monoisotopic (exact) mass is 300 g/mol. The summed E-state index contributed by atoms with van der Waals surface area (Å²) in [6, 6.07) is 0. The van der Waals surface area contributed by atoms with Gasteiger partial charge in [0.25, 0.3) is 0 Å². The quantitative estimate of drug-likeness (QED) is 0.594. The summed E-state index contributed by atoms with van der Waals surface area (Å²) < 4.78 is 0. The first-order valence-corrected chi connectivity index (χ1v) is 8.08. The van der Waals surface area contributed by atoms with Gasteiger partial charge in [-0.15, -0.1) is 0 Å². The predicted octanol–water partition coefficient (Wildman–Crippen LogP) is 2.11. The van der Waals surface area contributed by atoms with Gasteiger partial charge in [-0.2, -0.15) is 0 Å². The lowest BCUT2D eigenvalue weighted by Crippen LogP contribution is -2.64. The van der Waals surface area contributed by atoms with E-state index < -0.39 is 29.1 Å². The van der Waals surface area contributed by atoms with Crippen molar-refractivity contribution in [2.24, 2.45) is 46.8 Å². The minimum atomic E-state index is -1.56. The first-order valence-electron chi connectivity index (χ1n) is 8.08. The van der Waals surface area contributed by atoms with Crippen molar-refractivity contribution in [3.05, 3.63) is 24.3 Å². The van der Waals surface area contributed by atoms with Crippen LogP contribution >= 0.6 is 0 Å². The Balaban J connectivity index is 1.93. The van der Waals surface area contributed by atoms with E-state index in [1.165, 1.54) is 0 Å². The van der Waals surface area contributed by atoms with Gasteiger partial charge in [-0.1, -0.05) is 38.2 Å². The second-order valence-electron chi connectivity index (χ2n) is 7.45. The molecule has 0 spiro atoms. The smallest absolute Gasteiger partial charge is 0.318 e. The van der Waals surface area contributed by atoms with E-state index >= 15 is 0 Å². The number of allylic oxidation sites excluding steroid dienone is 4. The molecule has 2 fully saturated rings. The highest BCUT2D eigenvalue weighted by Gasteiger charge is 2.70. The third-order valence-electron chi connectivity index (χ3n) is 6.60. The number of aliphatic carboxylic acids is 1. The maximum Gasteiger partial charge on any atom is 0.318 e. The summed E-state index contributed by atoms with van der Waals surface area (Å²) in [7, 11) is 0. The summed E-state index contributed by atoms with van der Waals surface area (Å²) in [6.45, 7) is 3.62. The van der Waals surface area contributed by atoms with E-state index in [-0.39, 0.29) is 35.2 Å². The van der Waals surface area contributed by atoms with Crippen molar-refractivity contribution in [3.63, 3.8) is 0 Å². The van der Waals surface area contributed by atoms with Crippen LogP contribution in [0.1, 0.15) is 20.3 Å². The van der Waals surface area contributed by atoms with Crippen LogP contribution in [0.3, 0.4) is 0 Å². The standard InChI is InChI=1S/C18H20O4/c1-8-3-4-9(2)18(17(21)22)14(8)15(19)12-10-5-6-11(7-10)13(12)16(18)20/h3-6,8-14H,7H2,1-2H3,(H,21,22)/t8-,9+,10-,11+,12?,13?,14-,18-/m0/s1. The molecule has 116 valence electrons. The fourth-order valence-electron chi connectivity index (χ4n) is 5.65. The van der Waals surface area contributed by atoms with E-state index in [2.05, 4.69) is 6.08 Å². The molecule has 0 aromatic carbocycles. The van der Waals surface area contributed by atoms with Gasteiger partial charge < -0.3 is 5.11 Å². The molecule has 4 heteroatoms. The largest absolute Gasteiger partial charge is 0.480 e. The van der Waals surface area contributed by atoms with Crippen LogP contribution in [0.15, 0.2) is 24.3 Å². The molecule has 4 nitrogen and oxygen atoms in total. The van der Waals surface area contributed by atoms with E-state index in [1.54, 1.807) is 6.92 Å². The van der Waals surface area contributed by atoms with Crippen LogP contribution in [0.25, 0.3) is 0 Å². The topological polar surface area (TPSA) is 71.4 Å². The number of rotatable bonds is 1. The van der Waals surface area contributed by atoms with E-state index in [0.29, 0.717) is 0 Å². The maximum atomic E-state index is 13.3. The highest BCUT2D eigenvalue weighted by atomic mass is 16.4. The normalized spacial score (nSPS) is 51.8. The molecule has 0 heterocycles. The number of carbonyl (C=O) groups excluding carboxylic acids is 2. The number of fused-ring (bicyclic) bond motifs is 6. The van der Waals surface area contributed by atoms with Crippen molar-refractivity contribution in [1.82, 2.24) is 0 Å². The highest BCUT2D eigenvalue weighted by Crippen LogP contribution is 2.60. The Morgan fingerprint density at radius 1 is 1.09 bits per heavy atom. The molecule has 0 aromatic rings. The lowest BCUT2D eigenvalue weighted by atomic mass is 9.48. The molecule has 8 atom stereocenters. The van der Waals surface area contributed by atoms with Gasteiger partial charge in [0.05, 0.1) is 0 Å². The molecular weight excluding hydrogens is 280 g/mol. The van der Waals surface area contributed by atoms with Gasteiger partial charge in [0.1, 0.15) is 11.2 Å². The van der Waals surface area contributed by atoms with Crippen LogP contribution < -0.4 is 0 Å². The molecule has 4 aliphatic carbocycles. The average Bonchev–Trinajstić information content (AvgIpc) is 3.07. The van der Waals surface area contributed by atoms with Crippen molar-refractivity contribution >= 4 is 17.5 Å². The molecule has 2 saturated carbocycles. The Hall–Kier alpha value is -1.71. The third-order valence-corrected chi connectivity index (χ3v) is 6.60. The van der Waals surface area contributed by atoms with E-state index in [4.69, 9.17) is 0 Å². The van der Waals surface area contributed by atoms with Gasteiger partial charge in [0.2, 0.25) is 0 Å². The van der Waals surface area contributed by atoms with Gasteiger partial charge in [-0.05, 0) is 30.1 Å². The summed E-state index contributed by atoms with van der Waals surface area (Å²) in [6.07, 6.45) is 8.61. The molecule has 0 amide bonds. The molecule has 4 aliphatic rings. The summed E-state index contributed by atoms with van der Waals surface area (Å²) in [4.78, 5) is 38.6. The van der Waals surface area contributed by atoms with Crippen molar-refractivity contribution in [2.75, 3.05) is 0 Å². The van der Waals surface area contributed by atoms with E-state index in [1.807, 2.05) is 25.2 Å². The average molecular weight is 300 g/mol. The molecule has 4 rings (SSSR count). The molecule has 2 unspecified atom stereocenters. The first kappa shape index (κ1) is 13.9. The molecule has 22 heavy (non-hydrogen) atoms. The lowest BCUT2D eigenvalue weighted by molar-refractivity contribution is -0.177. The fraction of sp³-hybridized carbons (Fsp3) is 0.611. The van der Waals surface area contributed by atoms with Gasteiger partial charge in [-0.3, -0.25) is 14.4 Å². The Kier molecular flexibility index (Phi) is 2.64. The first-order chi connectivity index (χ1) is 10.4. The van der Waals surface area contributed by atoms with Crippen LogP contribution in [-0.2, 0) is 14.4 Å². The summed E-state index contributed by atoms with van der Waals surface area (Å²) in [5, 5.41) is 9.97. The Morgan fingerprint density at radius 2 is 1.73 bits per heavy atom. The summed E-state index contributed by atoms with van der Waals surface area (Å²) in [5.74, 6) is -3.20. The number of ketones is 2. The van der Waals surface area contributed by atoms with Crippen molar-refractivity contribution in [3.8, 4) is 0 Å². The predicted molar refractivity (Wildman–Crippen MR) is 78.8 cm³/mol. The minimum Gasteiger partial charge on any atom is -0.480 e. The Labute approximate surface area is 129 Å². The number of hydrogen-bond donors (Lipinski definition) is 1. The van der Waals surface area contributed by atoms with Crippen molar-refractivity contribution in [1.29, 1.82) is 0 Å². The maximum absolute atomic E-state index is 13.3. The minimum absolute atomic E-state index is 0.00699. The fourth-order valence-corrected chi connectivity index (χ4v) is 5.65. The van der Waals surface area contributed by atoms with Crippen LogP contribution in [0.4, 0.5) is 0 Å². The molecule has 2 bridgehead atoms. The third kappa shape index (κ3) is 1.32. The van der Waals surface area contributed by atoms with Crippen LogP contribution in [-0.4, -0.2) is 22.6 Å². The zero-order valence-electron chi connectivity index (χ0n) is 12.7. The second-order valence-corrected chi connectivity index (χ2v) is 7.45. The molecule has 0 saturated heterocycles. The summed E-state index contributed by atoms with van der Waals surface area (Å²) >= 11 is 0. The van der Waals surface area contributed by atoms with Gasteiger partial charge in [0, 0.05) is 17.8 Å². The summed E-state index contributed by atoms with van der Waals surface area (Å²) in [5.41, 5.74) is -1.56. The number of carboxylic acid groups (broad SMARTS) is 1. The van der Waals surface area contributed by atoms with E-state index in [9.17, 15) is 19.5 Å². The zero-order valence-corrected chi connectivity index (χ0v) is 12.7. The zero-order chi connectivity index (χ0) is 15.8. The van der Waals surface area contributed by atoms with E-state index in [0.717, 1.165) is 6.42 Å². The molecule has 1 N–H and O–H groups in total. The number of Topliss-reactive ketones (excluding diaryl/α,β-unsaturated/α-hetero) is 2. The SMILES string of the molecule is C[C@@H]1C=C[C@H](C)[C@H]2C(=O)C3C(C(=O)[C@]12C(=O)O)[C@@H]1C=C[C@H]3C1. The van der Waals surface area contributed by atoms with Crippen LogP contribution in [0.5, 0.6) is 0 Å². The Bertz CT molecular complexity index is 645.